The van der Waals surface area contributed by atoms with Crippen molar-refractivity contribution < 1.29 is 14.3 Å². The van der Waals surface area contributed by atoms with Crippen LogP contribution in [0.1, 0.15) is 30.4 Å². The summed E-state index contributed by atoms with van der Waals surface area (Å²) in [6, 6.07) is 5.86. The minimum Gasteiger partial charge on any atom is -0.493 e. The second-order valence-corrected chi connectivity index (χ2v) is 6.78. The standard InChI is InChI=1S/C19H26N4O3/c1-12-10-21-23(11-13-4-7-16(25-2)17(8-13)26-3)18(12)22-19(24)14-5-6-15(20)9-14/h4,7-8,10,14-15H,5-6,9,11,20H2,1-3H3,(H,22,24). The van der Waals surface area contributed by atoms with Crippen molar-refractivity contribution in [3.63, 3.8) is 0 Å². The van der Waals surface area contributed by atoms with Crippen LogP contribution >= 0.6 is 0 Å². The number of aryl methyl sites for hydroxylation is 1. The summed E-state index contributed by atoms with van der Waals surface area (Å²) in [5, 5.41) is 7.45. The van der Waals surface area contributed by atoms with Crippen LogP contribution < -0.4 is 20.5 Å². The highest BCUT2D eigenvalue weighted by Gasteiger charge is 2.28. The summed E-state index contributed by atoms with van der Waals surface area (Å²) in [5.74, 6) is 2.08. The van der Waals surface area contributed by atoms with Gasteiger partial charge in [-0.05, 0) is 43.9 Å². The van der Waals surface area contributed by atoms with Gasteiger partial charge in [0.15, 0.2) is 11.5 Å². The molecule has 1 amide bonds. The van der Waals surface area contributed by atoms with Gasteiger partial charge in [0.05, 0.1) is 27.0 Å². The van der Waals surface area contributed by atoms with Gasteiger partial charge in [-0.1, -0.05) is 6.07 Å². The molecule has 26 heavy (non-hydrogen) atoms. The summed E-state index contributed by atoms with van der Waals surface area (Å²) in [6.45, 7) is 2.46. The zero-order chi connectivity index (χ0) is 18.7. The summed E-state index contributed by atoms with van der Waals surface area (Å²) < 4.78 is 12.4. The van der Waals surface area contributed by atoms with Gasteiger partial charge < -0.3 is 20.5 Å². The van der Waals surface area contributed by atoms with E-state index < -0.39 is 0 Å². The fourth-order valence-corrected chi connectivity index (χ4v) is 3.39. The van der Waals surface area contributed by atoms with Gasteiger partial charge in [-0.2, -0.15) is 5.10 Å². The Labute approximate surface area is 153 Å². The van der Waals surface area contributed by atoms with E-state index in [1.165, 1.54) is 0 Å². The first-order valence-electron chi connectivity index (χ1n) is 8.81. The average Bonchev–Trinajstić information content (AvgIpc) is 3.22. The highest BCUT2D eigenvalue weighted by molar-refractivity contribution is 5.92. The van der Waals surface area contributed by atoms with Crippen LogP contribution in [0.5, 0.6) is 11.5 Å². The highest BCUT2D eigenvalue weighted by Crippen LogP contribution is 2.29. The maximum Gasteiger partial charge on any atom is 0.228 e. The quantitative estimate of drug-likeness (QED) is 0.827. The normalized spacial score (nSPS) is 19.4. The number of nitrogens with two attached hydrogens (primary N) is 1. The first-order valence-corrected chi connectivity index (χ1v) is 8.81. The number of amides is 1. The smallest absolute Gasteiger partial charge is 0.228 e. The van der Waals surface area contributed by atoms with Crippen molar-refractivity contribution in [3.05, 3.63) is 35.5 Å². The van der Waals surface area contributed by atoms with Gasteiger partial charge in [-0.25, -0.2) is 4.68 Å². The Hall–Kier alpha value is -2.54. The van der Waals surface area contributed by atoms with E-state index >= 15 is 0 Å². The van der Waals surface area contributed by atoms with Crippen LogP contribution in [0.4, 0.5) is 5.82 Å². The van der Waals surface area contributed by atoms with Gasteiger partial charge in [0.25, 0.3) is 0 Å². The average molecular weight is 358 g/mol. The first kappa shape index (κ1) is 18.3. The number of benzene rings is 1. The molecule has 1 aromatic carbocycles. The lowest BCUT2D eigenvalue weighted by molar-refractivity contribution is -0.119. The number of carbonyl (C=O) groups is 1. The van der Waals surface area contributed by atoms with Crippen molar-refractivity contribution in [1.29, 1.82) is 0 Å². The molecule has 0 saturated heterocycles. The van der Waals surface area contributed by atoms with Crippen molar-refractivity contribution in [1.82, 2.24) is 9.78 Å². The Morgan fingerprint density at radius 2 is 2.08 bits per heavy atom. The summed E-state index contributed by atoms with van der Waals surface area (Å²) in [5.41, 5.74) is 7.87. The van der Waals surface area contributed by atoms with E-state index in [-0.39, 0.29) is 17.9 Å². The maximum atomic E-state index is 12.6. The van der Waals surface area contributed by atoms with E-state index in [9.17, 15) is 4.79 Å². The Kier molecular flexibility index (Phi) is 5.46. The van der Waals surface area contributed by atoms with Crippen LogP contribution in [0.3, 0.4) is 0 Å². The van der Waals surface area contributed by atoms with E-state index in [1.54, 1.807) is 25.1 Å². The van der Waals surface area contributed by atoms with Crippen LogP contribution in [0.15, 0.2) is 24.4 Å². The van der Waals surface area contributed by atoms with Crippen LogP contribution in [-0.2, 0) is 11.3 Å². The first-order chi connectivity index (χ1) is 12.5. The molecule has 1 aliphatic carbocycles. The number of carbonyl (C=O) groups excluding carboxylic acids is 1. The molecule has 2 atom stereocenters. The Morgan fingerprint density at radius 3 is 2.73 bits per heavy atom. The zero-order valence-corrected chi connectivity index (χ0v) is 15.5. The number of hydrogen-bond acceptors (Lipinski definition) is 5. The number of nitrogens with one attached hydrogen (secondary N) is 1. The third kappa shape index (κ3) is 3.83. The lowest BCUT2D eigenvalue weighted by Crippen LogP contribution is -2.25. The Morgan fingerprint density at radius 1 is 1.31 bits per heavy atom. The van der Waals surface area contributed by atoms with Crippen molar-refractivity contribution >= 4 is 11.7 Å². The second kappa shape index (κ2) is 7.78. The fraction of sp³-hybridized carbons (Fsp3) is 0.474. The van der Waals surface area contributed by atoms with E-state index in [1.807, 2.05) is 25.1 Å². The third-order valence-corrected chi connectivity index (χ3v) is 4.89. The SMILES string of the molecule is COc1ccc(Cn2ncc(C)c2NC(=O)C2CCC(N)C2)cc1OC. The number of ether oxygens (including phenoxy) is 2. The van der Waals surface area contributed by atoms with Crippen LogP contribution in [0, 0.1) is 12.8 Å². The van der Waals surface area contributed by atoms with Crippen LogP contribution in [0.2, 0.25) is 0 Å². The number of hydrogen-bond donors (Lipinski definition) is 2. The van der Waals surface area contributed by atoms with Crippen LogP contribution in [0.25, 0.3) is 0 Å². The molecule has 0 bridgehead atoms. The molecule has 0 radical (unpaired) electrons. The third-order valence-electron chi connectivity index (χ3n) is 4.89. The van der Waals surface area contributed by atoms with Gasteiger partial charge in [-0.3, -0.25) is 4.79 Å². The molecule has 1 aromatic heterocycles. The summed E-state index contributed by atoms with van der Waals surface area (Å²) in [7, 11) is 3.22. The van der Waals surface area contributed by atoms with Crippen molar-refractivity contribution in [2.75, 3.05) is 19.5 Å². The molecule has 0 aliphatic heterocycles. The minimum atomic E-state index is -0.0196. The minimum absolute atomic E-state index is 0.0196. The summed E-state index contributed by atoms with van der Waals surface area (Å²) in [4.78, 5) is 12.6. The van der Waals surface area contributed by atoms with E-state index in [4.69, 9.17) is 15.2 Å². The maximum absolute atomic E-state index is 12.6. The molecular formula is C19H26N4O3. The predicted octanol–water partition coefficient (Wildman–Crippen LogP) is 2.32. The molecule has 3 rings (SSSR count). The summed E-state index contributed by atoms with van der Waals surface area (Å²) >= 11 is 0. The molecule has 2 unspecified atom stereocenters. The highest BCUT2D eigenvalue weighted by atomic mass is 16.5. The molecule has 1 saturated carbocycles. The molecule has 7 nitrogen and oxygen atoms in total. The van der Waals surface area contributed by atoms with E-state index in [2.05, 4.69) is 10.4 Å². The number of nitrogens with zero attached hydrogens (tertiary/aromatic N) is 2. The van der Waals surface area contributed by atoms with E-state index in [0.29, 0.717) is 18.0 Å². The molecule has 3 N–H and O–H groups in total. The molecule has 7 heteroatoms. The summed E-state index contributed by atoms with van der Waals surface area (Å²) in [6.07, 6.45) is 4.25. The van der Waals surface area contributed by atoms with Crippen molar-refractivity contribution in [2.45, 2.75) is 38.8 Å². The van der Waals surface area contributed by atoms with E-state index in [0.717, 1.165) is 36.2 Å². The zero-order valence-electron chi connectivity index (χ0n) is 15.5. The van der Waals surface area contributed by atoms with Gasteiger partial charge >= 0.3 is 0 Å². The van der Waals surface area contributed by atoms with Gasteiger partial charge in [0.2, 0.25) is 5.91 Å². The number of aromatic nitrogens is 2. The largest absolute Gasteiger partial charge is 0.493 e. The predicted molar refractivity (Wildman–Crippen MR) is 99.6 cm³/mol. The Bertz CT molecular complexity index is 787. The molecule has 140 valence electrons. The number of anilines is 1. The van der Waals surface area contributed by atoms with Gasteiger partial charge in [0.1, 0.15) is 5.82 Å². The fourth-order valence-electron chi connectivity index (χ4n) is 3.39. The molecule has 1 heterocycles. The molecule has 1 fully saturated rings. The molecule has 2 aromatic rings. The van der Waals surface area contributed by atoms with Crippen molar-refractivity contribution in [2.24, 2.45) is 11.7 Å². The van der Waals surface area contributed by atoms with Crippen LogP contribution in [-0.4, -0.2) is 35.9 Å². The number of methoxy groups -OCH3 is 2. The monoisotopic (exact) mass is 358 g/mol. The van der Waals surface area contributed by atoms with Crippen molar-refractivity contribution in [3.8, 4) is 11.5 Å². The van der Waals surface area contributed by atoms with Gasteiger partial charge in [-0.15, -0.1) is 0 Å². The molecular weight excluding hydrogens is 332 g/mol. The topological polar surface area (TPSA) is 91.4 Å². The second-order valence-electron chi connectivity index (χ2n) is 6.78. The Balaban J connectivity index is 1.76. The van der Waals surface area contributed by atoms with Gasteiger partial charge in [0, 0.05) is 17.5 Å². The lowest BCUT2D eigenvalue weighted by Gasteiger charge is -2.14. The molecule has 0 spiro atoms. The lowest BCUT2D eigenvalue weighted by atomic mass is 10.1. The number of rotatable bonds is 6. The molecule has 1 aliphatic rings.